The average molecular weight is 348 g/mol. The summed E-state index contributed by atoms with van der Waals surface area (Å²) >= 11 is 0. The molecule has 2 aromatic carbocycles. The second-order valence-corrected chi connectivity index (χ2v) is 7.00. The Morgan fingerprint density at radius 1 is 1.08 bits per heavy atom. The van der Waals surface area contributed by atoms with Crippen LogP contribution in [0.4, 0.5) is 4.39 Å². The summed E-state index contributed by atoms with van der Waals surface area (Å²) in [4.78, 5) is 4.36. The third kappa shape index (κ3) is 3.08. The lowest BCUT2D eigenvalue weighted by molar-refractivity contribution is 0.0958. The quantitative estimate of drug-likeness (QED) is 0.760. The Kier molecular flexibility index (Phi) is 4.21. The van der Waals surface area contributed by atoms with Gasteiger partial charge in [0.1, 0.15) is 17.7 Å². The molecule has 0 fully saturated rings. The highest BCUT2D eigenvalue weighted by Crippen LogP contribution is 2.35. The zero-order valence-corrected chi connectivity index (χ0v) is 14.7. The summed E-state index contributed by atoms with van der Waals surface area (Å²) in [6.45, 7) is 1.98. The van der Waals surface area contributed by atoms with E-state index in [1.807, 2.05) is 31.2 Å². The monoisotopic (exact) mass is 348 g/mol. The van der Waals surface area contributed by atoms with Gasteiger partial charge >= 0.3 is 0 Å². The number of aryl methyl sites for hydroxylation is 1. The Morgan fingerprint density at radius 3 is 2.65 bits per heavy atom. The smallest absolute Gasteiger partial charge is 0.123 e. The molecule has 0 bridgehead atoms. The molecule has 26 heavy (non-hydrogen) atoms. The molecule has 0 amide bonds. The van der Waals surface area contributed by atoms with E-state index in [1.54, 1.807) is 24.5 Å². The highest BCUT2D eigenvalue weighted by atomic mass is 19.1. The summed E-state index contributed by atoms with van der Waals surface area (Å²) < 4.78 is 19.4. The molecule has 132 valence electrons. The lowest BCUT2D eigenvalue weighted by Gasteiger charge is -2.38. The van der Waals surface area contributed by atoms with E-state index in [4.69, 9.17) is 10.5 Å². The largest absolute Gasteiger partial charge is 0.488 e. The molecule has 3 nitrogen and oxygen atoms in total. The van der Waals surface area contributed by atoms with Crippen molar-refractivity contribution >= 4 is 0 Å². The van der Waals surface area contributed by atoms with Crippen LogP contribution < -0.4 is 10.5 Å². The third-order valence-electron chi connectivity index (χ3n) is 5.12. The SMILES string of the molecule is CC(N)(c1cncc(-c2ccc(F)cc2)c1)C1CCc2ccccc2O1. The normalized spacial score (nSPS) is 18.5. The van der Waals surface area contributed by atoms with Gasteiger partial charge in [-0.1, -0.05) is 30.3 Å². The topological polar surface area (TPSA) is 48.1 Å². The number of halogens is 1. The molecule has 4 heteroatoms. The van der Waals surface area contributed by atoms with Gasteiger partial charge in [0, 0.05) is 18.0 Å². The molecule has 3 aromatic rings. The molecule has 0 spiro atoms. The first-order valence-electron chi connectivity index (χ1n) is 8.79. The van der Waals surface area contributed by atoms with Crippen molar-refractivity contribution in [1.29, 1.82) is 0 Å². The molecule has 4 rings (SSSR count). The first kappa shape index (κ1) is 16.7. The summed E-state index contributed by atoms with van der Waals surface area (Å²) in [5.41, 5.74) is 9.98. The predicted octanol–water partition coefficient (Wildman–Crippen LogP) is 4.46. The standard InChI is InChI=1S/C22H21FN2O/c1-22(24,21-11-8-16-4-2-3-5-20(16)26-21)18-12-17(13-25-14-18)15-6-9-19(23)10-7-15/h2-7,9-10,12-14,21H,8,11,24H2,1H3. The van der Waals surface area contributed by atoms with E-state index in [0.717, 1.165) is 35.3 Å². The Bertz CT molecular complexity index is 921. The van der Waals surface area contributed by atoms with E-state index in [1.165, 1.54) is 17.7 Å². The number of hydrogen-bond acceptors (Lipinski definition) is 3. The Morgan fingerprint density at radius 2 is 1.85 bits per heavy atom. The average Bonchev–Trinajstić information content (AvgIpc) is 2.68. The van der Waals surface area contributed by atoms with Crippen LogP contribution in [0.1, 0.15) is 24.5 Å². The van der Waals surface area contributed by atoms with Crippen molar-refractivity contribution in [2.45, 2.75) is 31.4 Å². The Hall–Kier alpha value is -2.72. The molecule has 2 N–H and O–H groups in total. The highest BCUT2D eigenvalue weighted by molar-refractivity contribution is 5.63. The molecule has 1 aliphatic rings. The second-order valence-electron chi connectivity index (χ2n) is 7.00. The number of hydrogen-bond donors (Lipinski definition) is 1. The number of ether oxygens (including phenoxy) is 1. The number of para-hydroxylation sites is 1. The van der Waals surface area contributed by atoms with Crippen LogP contribution >= 0.6 is 0 Å². The molecule has 2 atom stereocenters. The van der Waals surface area contributed by atoms with E-state index in [2.05, 4.69) is 11.1 Å². The number of benzene rings is 2. The molecular formula is C22H21FN2O. The fourth-order valence-corrected chi connectivity index (χ4v) is 3.47. The maximum Gasteiger partial charge on any atom is 0.123 e. The minimum atomic E-state index is -0.684. The van der Waals surface area contributed by atoms with Crippen LogP contribution in [0.5, 0.6) is 5.75 Å². The molecule has 2 heterocycles. The van der Waals surface area contributed by atoms with Gasteiger partial charge in [-0.15, -0.1) is 0 Å². The molecule has 1 aliphatic heterocycles. The second kappa shape index (κ2) is 6.54. The van der Waals surface area contributed by atoms with Crippen molar-refractivity contribution in [2.75, 3.05) is 0 Å². The molecular weight excluding hydrogens is 327 g/mol. The van der Waals surface area contributed by atoms with Gasteiger partial charge in [-0.05, 0) is 60.7 Å². The maximum atomic E-state index is 13.2. The van der Waals surface area contributed by atoms with Crippen molar-refractivity contribution in [3.8, 4) is 16.9 Å². The van der Waals surface area contributed by atoms with Crippen molar-refractivity contribution in [3.05, 3.63) is 83.9 Å². The van der Waals surface area contributed by atoms with E-state index < -0.39 is 5.54 Å². The zero-order chi connectivity index (χ0) is 18.1. The van der Waals surface area contributed by atoms with Crippen LogP contribution in [0.3, 0.4) is 0 Å². The molecule has 0 saturated carbocycles. The number of aromatic nitrogens is 1. The van der Waals surface area contributed by atoms with Gasteiger partial charge in [0.2, 0.25) is 0 Å². The van der Waals surface area contributed by atoms with Gasteiger partial charge in [-0.3, -0.25) is 4.98 Å². The van der Waals surface area contributed by atoms with Gasteiger partial charge in [-0.25, -0.2) is 4.39 Å². The fourth-order valence-electron chi connectivity index (χ4n) is 3.47. The summed E-state index contributed by atoms with van der Waals surface area (Å²) in [7, 11) is 0. The highest BCUT2D eigenvalue weighted by Gasteiger charge is 2.36. The van der Waals surface area contributed by atoms with Crippen LogP contribution in [-0.4, -0.2) is 11.1 Å². The van der Waals surface area contributed by atoms with Gasteiger partial charge in [0.15, 0.2) is 0 Å². The third-order valence-corrected chi connectivity index (χ3v) is 5.12. The van der Waals surface area contributed by atoms with Crippen molar-refractivity contribution in [2.24, 2.45) is 5.73 Å². The van der Waals surface area contributed by atoms with Crippen molar-refractivity contribution in [1.82, 2.24) is 4.98 Å². The van der Waals surface area contributed by atoms with Crippen LogP contribution in [0.2, 0.25) is 0 Å². The maximum absolute atomic E-state index is 13.2. The number of nitrogens with zero attached hydrogens (tertiary/aromatic N) is 1. The summed E-state index contributed by atoms with van der Waals surface area (Å²) in [6, 6.07) is 16.5. The van der Waals surface area contributed by atoms with Gasteiger partial charge in [0.25, 0.3) is 0 Å². The summed E-state index contributed by atoms with van der Waals surface area (Å²) in [5.74, 6) is 0.652. The minimum Gasteiger partial charge on any atom is -0.488 e. The lowest BCUT2D eigenvalue weighted by Crippen LogP contribution is -2.49. The van der Waals surface area contributed by atoms with Gasteiger partial charge in [0.05, 0.1) is 5.54 Å². The predicted molar refractivity (Wildman–Crippen MR) is 100 cm³/mol. The molecule has 0 aliphatic carbocycles. The molecule has 1 aromatic heterocycles. The van der Waals surface area contributed by atoms with Gasteiger partial charge < -0.3 is 10.5 Å². The van der Waals surface area contributed by atoms with E-state index >= 15 is 0 Å². The van der Waals surface area contributed by atoms with Crippen LogP contribution in [0.15, 0.2) is 67.0 Å². The van der Waals surface area contributed by atoms with Crippen LogP contribution in [0, 0.1) is 5.82 Å². The number of pyridine rings is 1. The Labute approximate surface area is 152 Å². The Balaban J connectivity index is 1.64. The molecule has 0 saturated heterocycles. The van der Waals surface area contributed by atoms with E-state index in [-0.39, 0.29) is 11.9 Å². The summed E-state index contributed by atoms with van der Waals surface area (Å²) in [6.07, 6.45) is 5.22. The van der Waals surface area contributed by atoms with Crippen molar-refractivity contribution in [3.63, 3.8) is 0 Å². The van der Waals surface area contributed by atoms with Crippen LogP contribution in [-0.2, 0) is 12.0 Å². The molecule has 0 radical (unpaired) electrons. The van der Waals surface area contributed by atoms with Crippen LogP contribution in [0.25, 0.3) is 11.1 Å². The zero-order valence-electron chi connectivity index (χ0n) is 14.7. The first-order chi connectivity index (χ1) is 12.5. The van der Waals surface area contributed by atoms with E-state index in [0.29, 0.717) is 0 Å². The first-order valence-corrected chi connectivity index (χ1v) is 8.79. The minimum absolute atomic E-state index is 0.136. The molecule has 2 unspecified atom stereocenters. The fraction of sp³-hybridized carbons (Fsp3) is 0.227. The van der Waals surface area contributed by atoms with Gasteiger partial charge in [-0.2, -0.15) is 0 Å². The number of fused-ring (bicyclic) bond motifs is 1. The number of nitrogens with two attached hydrogens (primary N) is 1. The van der Waals surface area contributed by atoms with Crippen molar-refractivity contribution < 1.29 is 9.13 Å². The van der Waals surface area contributed by atoms with E-state index in [9.17, 15) is 4.39 Å². The number of rotatable bonds is 3. The lowest BCUT2D eigenvalue weighted by atomic mass is 9.83. The summed E-state index contributed by atoms with van der Waals surface area (Å²) in [5, 5.41) is 0.